The van der Waals surface area contributed by atoms with Crippen molar-refractivity contribution in [2.45, 2.75) is 24.3 Å². The Morgan fingerprint density at radius 1 is 1.33 bits per heavy atom. The Morgan fingerprint density at radius 2 is 2.04 bits per heavy atom. The maximum atomic E-state index is 12.4. The van der Waals surface area contributed by atoms with Gasteiger partial charge < -0.3 is 5.32 Å². The molecule has 0 aliphatic heterocycles. The molecule has 8 heteroatoms. The third kappa shape index (κ3) is 3.34. The van der Waals surface area contributed by atoms with Crippen LogP contribution in [0, 0.1) is 0 Å². The molecular formula is C16H17N3O3S2. The van der Waals surface area contributed by atoms with Crippen LogP contribution in [0.15, 0.2) is 46.9 Å². The first-order valence-corrected chi connectivity index (χ1v) is 10.2. The Bertz CT molecular complexity index is 943. The number of benzene rings is 1. The summed E-state index contributed by atoms with van der Waals surface area (Å²) in [6.07, 6.45) is 5.41. The number of rotatable bonds is 5. The van der Waals surface area contributed by atoms with Crippen LogP contribution in [0.5, 0.6) is 0 Å². The molecule has 0 unspecified atom stereocenters. The zero-order valence-electron chi connectivity index (χ0n) is 13.3. The highest BCUT2D eigenvalue weighted by Crippen LogP contribution is 2.20. The Kier molecular flexibility index (Phi) is 4.42. The number of hydrogen-bond donors (Lipinski definition) is 1. The average Bonchev–Trinajstić information content (AvgIpc) is 3.13. The summed E-state index contributed by atoms with van der Waals surface area (Å²) >= 11 is 1.47. The van der Waals surface area contributed by atoms with Gasteiger partial charge in [-0.05, 0) is 24.1 Å². The van der Waals surface area contributed by atoms with E-state index < -0.39 is 9.84 Å². The molecule has 0 fully saturated rings. The molecule has 0 aliphatic carbocycles. The third-order valence-corrected chi connectivity index (χ3v) is 5.65. The molecule has 1 atom stereocenters. The Balaban J connectivity index is 1.78. The maximum Gasteiger partial charge on any atom is 0.272 e. The SMILES string of the molecule is CC[C@H](NC(=O)c1cn2ccsc2n1)c1ccc(S(C)(=O)=O)cc1. The second-order valence-corrected chi connectivity index (χ2v) is 8.38. The fraction of sp³-hybridized carbons (Fsp3) is 0.250. The summed E-state index contributed by atoms with van der Waals surface area (Å²) in [5.41, 5.74) is 1.23. The van der Waals surface area contributed by atoms with Crippen molar-refractivity contribution in [3.05, 3.63) is 53.3 Å². The van der Waals surface area contributed by atoms with Gasteiger partial charge >= 0.3 is 0 Å². The second kappa shape index (κ2) is 6.37. The average molecular weight is 363 g/mol. The van der Waals surface area contributed by atoms with E-state index in [1.807, 2.05) is 18.5 Å². The minimum absolute atomic E-state index is 0.203. The quantitative estimate of drug-likeness (QED) is 0.756. The van der Waals surface area contributed by atoms with E-state index in [4.69, 9.17) is 0 Å². The summed E-state index contributed by atoms with van der Waals surface area (Å²) in [7, 11) is -3.23. The van der Waals surface area contributed by atoms with E-state index in [2.05, 4.69) is 10.3 Å². The lowest BCUT2D eigenvalue weighted by molar-refractivity contribution is 0.0931. The van der Waals surface area contributed by atoms with E-state index in [-0.39, 0.29) is 16.8 Å². The topological polar surface area (TPSA) is 80.5 Å². The van der Waals surface area contributed by atoms with Crippen molar-refractivity contribution in [1.29, 1.82) is 0 Å². The monoisotopic (exact) mass is 363 g/mol. The molecule has 0 spiro atoms. The minimum Gasteiger partial charge on any atom is -0.344 e. The molecule has 0 saturated heterocycles. The Hall–Kier alpha value is -2.19. The number of sulfone groups is 1. The zero-order valence-corrected chi connectivity index (χ0v) is 14.9. The van der Waals surface area contributed by atoms with E-state index in [9.17, 15) is 13.2 Å². The first kappa shape index (κ1) is 16.7. The third-order valence-electron chi connectivity index (χ3n) is 3.75. The van der Waals surface area contributed by atoms with Gasteiger partial charge in [-0.15, -0.1) is 11.3 Å². The van der Waals surface area contributed by atoms with E-state index in [0.29, 0.717) is 12.1 Å². The molecule has 3 aromatic rings. The molecule has 2 aromatic heterocycles. The van der Waals surface area contributed by atoms with Crippen LogP contribution in [0.1, 0.15) is 35.4 Å². The van der Waals surface area contributed by atoms with Gasteiger partial charge in [0.25, 0.3) is 5.91 Å². The molecule has 0 radical (unpaired) electrons. The molecule has 0 saturated carbocycles. The zero-order chi connectivity index (χ0) is 17.3. The molecule has 126 valence electrons. The van der Waals surface area contributed by atoms with Gasteiger partial charge in [-0.25, -0.2) is 13.4 Å². The van der Waals surface area contributed by atoms with Gasteiger partial charge in [0.1, 0.15) is 5.69 Å². The number of thiazole rings is 1. The van der Waals surface area contributed by atoms with E-state index in [1.54, 1.807) is 34.9 Å². The lowest BCUT2D eigenvalue weighted by Gasteiger charge is -2.17. The number of hydrogen-bond acceptors (Lipinski definition) is 5. The van der Waals surface area contributed by atoms with E-state index in [0.717, 1.165) is 10.5 Å². The van der Waals surface area contributed by atoms with Gasteiger partial charge in [0, 0.05) is 24.0 Å². The van der Waals surface area contributed by atoms with Crippen molar-refractivity contribution in [3.8, 4) is 0 Å². The minimum atomic E-state index is -3.23. The highest BCUT2D eigenvalue weighted by molar-refractivity contribution is 7.90. The highest BCUT2D eigenvalue weighted by Gasteiger charge is 2.17. The van der Waals surface area contributed by atoms with Gasteiger partial charge in [-0.2, -0.15) is 0 Å². The summed E-state index contributed by atoms with van der Waals surface area (Å²) in [5, 5.41) is 4.85. The summed E-state index contributed by atoms with van der Waals surface area (Å²) in [5.74, 6) is -0.245. The van der Waals surface area contributed by atoms with Gasteiger partial charge in [0.2, 0.25) is 0 Å². The maximum absolute atomic E-state index is 12.4. The Morgan fingerprint density at radius 3 is 2.62 bits per heavy atom. The largest absolute Gasteiger partial charge is 0.344 e. The molecule has 2 heterocycles. The highest BCUT2D eigenvalue weighted by atomic mass is 32.2. The van der Waals surface area contributed by atoms with Crippen molar-refractivity contribution < 1.29 is 13.2 Å². The first-order chi connectivity index (χ1) is 11.4. The van der Waals surface area contributed by atoms with Crippen molar-refractivity contribution in [3.63, 3.8) is 0 Å². The van der Waals surface area contributed by atoms with E-state index in [1.165, 1.54) is 17.6 Å². The van der Waals surface area contributed by atoms with Crippen LogP contribution < -0.4 is 5.32 Å². The van der Waals surface area contributed by atoms with Crippen LogP contribution >= 0.6 is 11.3 Å². The van der Waals surface area contributed by atoms with E-state index >= 15 is 0 Å². The molecule has 6 nitrogen and oxygen atoms in total. The van der Waals surface area contributed by atoms with Gasteiger partial charge in [-0.3, -0.25) is 9.20 Å². The van der Waals surface area contributed by atoms with Crippen LogP contribution in [0.2, 0.25) is 0 Å². The number of aromatic nitrogens is 2. The molecule has 24 heavy (non-hydrogen) atoms. The standard InChI is InChI=1S/C16H17N3O3S2/c1-3-13(11-4-6-12(7-5-11)24(2,21)22)17-15(20)14-10-19-8-9-23-16(19)18-14/h4-10,13H,3H2,1-2H3,(H,17,20)/t13-/m0/s1. The number of carbonyl (C=O) groups is 1. The second-order valence-electron chi connectivity index (χ2n) is 5.49. The molecule has 1 aromatic carbocycles. The van der Waals surface area contributed by atoms with Crippen LogP contribution in [0.3, 0.4) is 0 Å². The number of nitrogens with one attached hydrogen (secondary N) is 1. The van der Waals surface area contributed by atoms with Crippen molar-refractivity contribution in [1.82, 2.24) is 14.7 Å². The van der Waals surface area contributed by atoms with Gasteiger partial charge in [-0.1, -0.05) is 19.1 Å². The van der Waals surface area contributed by atoms with Crippen LogP contribution in [0.25, 0.3) is 4.96 Å². The summed E-state index contributed by atoms with van der Waals surface area (Å²) < 4.78 is 24.9. The molecule has 0 bridgehead atoms. The van der Waals surface area contributed by atoms with Crippen molar-refractivity contribution in [2.24, 2.45) is 0 Å². The number of nitrogens with zero attached hydrogens (tertiary/aromatic N) is 2. The molecule has 1 amide bonds. The molecule has 3 rings (SSSR count). The molecular weight excluding hydrogens is 346 g/mol. The fourth-order valence-corrected chi connectivity index (χ4v) is 3.77. The van der Waals surface area contributed by atoms with Crippen LogP contribution in [-0.4, -0.2) is 30.0 Å². The van der Waals surface area contributed by atoms with Crippen molar-refractivity contribution in [2.75, 3.05) is 6.26 Å². The predicted octanol–water partition coefficient (Wildman–Crippen LogP) is 2.68. The van der Waals surface area contributed by atoms with Crippen LogP contribution in [0.4, 0.5) is 0 Å². The summed E-state index contributed by atoms with van der Waals surface area (Å²) in [4.78, 5) is 17.7. The first-order valence-electron chi connectivity index (χ1n) is 7.41. The molecule has 1 N–H and O–H groups in total. The summed E-state index contributed by atoms with van der Waals surface area (Å²) in [6.45, 7) is 1.96. The number of fused-ring (bicyclic) bond motifs is 1. The number of carbonyl (C=O) groups excluding carboxylic acids is 1. The normalized spacial score (nSPS) is 13.1. The van der Waals surface area contributed by atoms with Gasteiger partial charge in [0.05, 0.1) is 10.9 Å². The van der Waals surface area contributed by atoms with Gasteiger partial charge in [0.15, 0.2) is 14.8 Å². The Labute approximate surface area is 144 Å². The van der Waals surface area contributed by atoms with Crippen molar-refractivity contribution >= 4 is 32.0 Å². The number of imidazole rings is 1. The van der Waals surface area contributed by atoms with Crippen LogP contribution in [-0.2, 0) is 9.84 Å². The summed E-state index contributed by atoms with van der Waals surface area (Å²) in [6, 6.07) is 6.39. The number of amides is 1. The smallest absolute Gasteiger partial charge is 0.272 e. The lowest BCUT2D eigenvalue weighted by atomic mass is 10.0. The molecule has 0 aliphatic rings. The fourth-order valence-electron chi connectivity index (χ4n) is 2.44. The predicted molar refractivity (Wildman–Crippen MR) is 93.1 cm³/mol. The lowest BCUT2D eigenvalue weighted by Crippen LogP contribution is -2.28.